The van der Waals surface area contributed by atoms with Crippen molar-refractivity contribution in [1.29, 1.82) is 0 Å². The molecule has 0 aliphatic rings. The molecule has 0 atom stereocenters. The van der Waals surface area contributed by atoms with Gasteiger partial charge in [-0.05, 0) is 0 Å². The molecule has 0 saturated carbocycles. The fourth-order valence-electron chi connectivity index (χ4n) is 0.249. The summed E-state index contributed by atoms with van der Waals surface area (Å²) in [4.78, 5) is 0. The molecule has 0 aliphatic heterocycles. The van der Waals surface area contributed by atoms with Crippen molar-refractivity contribution < 1.29 is 15.9 Å². The van der Waals surface area contributed by atoms with Crippen LogP contribution in [0, 0.1) is 0 Å². The molecule has 0 aliphatic carbocycles. The van der Waals surface area contributed by atoms with Crippen molar-refractivity contribution >= 4 is 4.50 Å². The fourth-order valence-corrected chi connectivity index (χ4v) is 0.474. The van der Waals surface area contributed by atoms with Crippen LogP contribution in [0.2, 0.25) is 0 Å². The van der Waals surface area contributed by atoms with Crippen LogP contribution in [0.15, 0.2) is 0 Å². The summed E-state index contributed by atoms with van der Waals surface area (Å²) in [6.07, 6.45) is 0. The van der Waals surface area contributed by atoms with Crippen LogP contribution in [0.5, 0.6) is 0 Å². The van der Waals surface area contributed by atoms with Crippen LogP contribution in [0.1, 0.15) is 13.8 Å². The van der Waals surface area contributed by atoms with Crippen LogP contribution in [0.25, 0.3) is 0 Å². The summed E-state index contributed by atoms with van der Waals surface area (Å²) in [6, 6.07) is 0. The van der Waals surface area contributed by atoms with Gasteiger partial charge in [-0.1, -0.05) is 0 Å². The Morgan fingerprint density at radius 2 is 2.33 bits per heavy atom. The SMILES string of the molecule is CCN[C](C)=[Cr]. The second kappa shape index (κ2) is 3.55. The van der Waals surface area contributed by atoms with E-state index in [1.54, 1.807) is 0 Å². The third kappa shape index (κ3) is 4.36. The van der Waals surface area contributed by atoms with Crippen molar-refractivity contribution in [3.63, 3.8) is 0 Å². The quantitative estimate of drug-likeness (QED) is 0.556. The van der Waals surface area contributed by atoms with E-state index in [0.29, 0.717) is 0 Å². The zero-order valence-electron chi connectivity index (χ0n) is 4.12. The van der Waals surface area contributed by atoms with Crippen molar-refractivity contribution in [2.24, 2.45) is 0 Å². The Hall–Kier alpha value is 0.362. The first-order valence-electron chi connectivity index (χ1n) is 2.01. The van der Waals surface area contributed by atoms with E-state index in [1.807, 2.05) is 6.92 Å². The summed E-state index contributed by atoms with van der Waals surface area (Å²) in [5, 5.41) is 3.07. The predicted molar refractivity (Wildman–Crippen MR) is 24.4 cm³/mol. The van der Waals surface area contributed by atoms with E-state index in [9.17, 15) is 0 Å². The molecule has 1 N–H and O–H groups in total. The average molecular weight is 123 g/mol. The summed E-state index contributed by atoms with van der Waals surface area (Å²) in [5.41, 5.74) is 0. The van der Waals surface area contributed by atoms with Crippen molar-refractivity contribution in [2.75, 3.05) is 6.54 Å². The second-order valence-corrected chi connectivity index (χ2v) is 2.04. The van der Waals surface area contributed by atoms with E-state index < -0.39 is 0 Å². The maximum atomic E-state index is 3.07. The Bertz CT molecular complexity index is 51.5. The molecule has 0 spiro atoms. The van der Waals surface area contributed by atoms with Crippen LogP contribution < -0.4 is 5.32 Å². The molecule has 0 heterocycles. The first-order valence-corrected chi connectivity index (χ1v) is 2.65. The van der Waals surface area contributed by atoms with Crippen LogP contribution in [-0.2, 0) is 15.9 Å². The minimum atomic E-state index is 1.01. The van der Waals surface area contributed by atoms with Crippen LogP contribution in [-0.4, -0.2) is 11.0 Å². The zero-order chi connectivity index (χ0) is 4.99. The van der Waals surface area contributed by atoms with E-state index in [2.05, 4.69) is 28.1 Å². The molecule has 0 aromatic rings. The molecule has 36 valence electrons. The van der Waals surface area contributed by atoms with Gasteiger partial charge >= 0.3 is 46.1 Å². The topological polar surface area (TPSA) is 12.0 Å². The van der Waals surface area contributed by atoms with E-state index in [-0.39, 0.29) is 0 Å². The number of hydrogen-bond acceptors (Lipinski definition) is 1. The Kier molecular flexibility index (Phi) is 3.76. The van der Waals surface area contributed by atoms with Gasteiger partial charge in [0.05, 0.1) is 0 Å². The summed E-state index contributed by atoms with van der Waals surface area (Å²) >= 11 is 2.85. The van der Waals surface area contributed by atoms with Gasteiger partial charge in [-0.25, -0.2) is 0 Å². The van der Waals surface area contributed by atoms with E-state index in [0.717, 1.165) is 11.0 Å². The number of rotatable bonds is 2. The van der Waals surface area contributed by atoms with Crippen molar-refractivity contribution in [1.82, 2.24) is 5.32 Å². The van der Waals surface area contributed by atoms with Gasteiger partial charge in [0.2, 0.25) is 0 Å². The van der Waals surface area contributed by atoms with E-state index >= 15 is 0 Å². The van der Waals surface area contributed by atoms with Gasteiger partial charge in [0, 0.05) is 0 Å². The third-order valence-electron chi connectivity index (χ3n) is 0.426. The predicted octanol–water partition coefficient (Wildman–Crippen LogP) is 0.293. The molecule has 0 fully saturated rings. The molecule has 0 saturated heterocycles. The van der Waals surface area contributed by atoms with Gasteiger partial charge < -0.3 is 0 Å². The fraction of sp³-hybridized carbons (Fsp3) is 0.750. The molecule has 0 radical (unpaired) electrons. The molecule has 0 aromatic carbocycles. The first kappa shape index (κ1) is 6.36. The minimum absolute atomic E-state index is 1.01. The Labute approximate surface area is 46.7 Å². The van der Waals surface area contributed by atoms with E-state index in [4.69, 9.17) is 0 Å². The normalized spacial score (nSPS) is 8.33. The van der Waals surface area contributed by atoms with Crippen molar-refractivity contribution in [2.45, 2.75) is 13.8 Å². The number of hydrogen-bond donors (Lipinski definition) is 1. The zero-order valence-corrected chi connectivity index (χ0v) is 5.39. The van der Waals surface area contributed by atoms with Crippen molar-refractivity contribution in [3.05, 3.63) is 0 Å². The average Bonchev–Trinajstić information content (AvgIpc) is 1.35. The maximum absolute atomic E-state index is 3.07. The van der Waals surface area contributed by atoms with Crippen LogP contribution in [0.4, 0.5) is 0 Å². The Morgan fingerprint density at radius 1 is 1.83 bits per heavy atom. The van der Waals surface area contributed by atoms with Gasteiger partial charge in [-0.2, -0.15) is 0 Å². The van der Waals surface area contributed by atoms with Gasteiger partial charge in [-0.15, -0.1) is 0 Å². The number of nitrogens with one attached hydrogen (secondary N) is 1. The molecule has 1 nitrogen and oxygen atoms in total. The molecular formula is C4H9CrN. The molecule has 0 amide bonds. The summed E-state index contributed by atoms with van der Waals surface area (Å²) < 4.78 is 1.16. The third-order valence-corrected chi connectivity index (χ3v) is 0.651. The molecular weight excluding hydrogens is 114 g/mol. The van der Waals surface area contributed by atoms with Crippen LogP contribution in [0.3, 0.4) is 0 Å². The second-order valence-electron chi connectivity index (χ2n) is 1.09. The molecule has 6 heavy (non-hydrogen) atoms. The van der Waals surface area contributed by atoms with Gasteiger partial charge in [0.25, 0.3) is 0 Å². The molecule has 0 rings (SSSR count). The summed E-state index contributed by atoms with van der Waals surface area (Å²) in [7, 11) is 0. The molecule has 0 aromatic heterocycles. The summed E-state index contributed by atoms with van der Waals surface area (Å²) in [6.45, 7) is 5.09. The van der Waals surface area contributed by atoms with Gasteiger partial charge in [-0.3, -0.25) is 0 Å². The monoisotopic (exact) mass is 123 g/mol. The Morgan fingerprint density at radius 3 is 2.33 bits per heavy atom. The summed E-state index contributed by atoms with van der Waals surface area (Å²) in [5.74, 6) is 0. The molecule has 0 unspecified atom stereocenters. The van der Waals surface area contributed by atoms with Crippen molar-refractivity contribution in [3.8, 4) is 0 Å². The molecule has 0 bridgehead atoms. The first-order chi connectivity index (χ1) is 2.77. The Balaban J connectivity index is 2.83. The van der Waals surface area contributed by atoms with Gasteiger partial charge in [0.15, 0.2) is 0 Å². The standard InChI is InChI=1S/C4H9N.Cr/c1-3-5-4-2;/h5H,3H2,1-2H3;. The van der Waals surface area contributed by atoms with E-state index in [1.165, 1.54) is 0 Å². The van der Waals surface area contributed by atoms with Gasteiger partial charge in [0.1, 0.15) is 0 Å². The van der Waals surface area contributed by atoms with Crippen LogP contribution >= 0.6 is 0 Å². The molecule has 2 heteroatoms.